The van der Waals surface area contributed by atoms with Crippen LogP contribution in [0.2, 0.25) is 0 Å². The average molecular weight is 536 g/mol. The molecule has 2 aromatic carbocycles. The molecule has 3 heterocycles. The van der Waals surface area contributed by atoms with Crippen molar-refractivity contribution in [1.82, 2.24) is 14.7 Å². The molecule has 2 aromatic heterocycles. The summed E-state index contributed by atoms with van der Waals surface area (Å²) in [6, 6.07) is 9.59. The second-order valence-electron chi connectivity index (χ2n) is 11.1. The first-order chi connectivity index (χ1) is 20.0. The Morgan fingerprint density at radius 3 is 2.64 bits per heavy atom. The second kappa shape index (κ2) is 8.71. The first kappa shape index (κ1) is 21.3. The molecule has 0 unspecified atom stereocenters. The number of ether oxygens (including phenoxy) is 1. The van der Waals surface area contributed by atoms with Crippen molar-refractivity contribution in [2.45, 2.75) is 70.1 Å². The van der Waals surface area contributed by atoms with Gasteiger partial charge in [-0.15, -0.1) is 0 Å². The van der Waals surface area contributed by atoms with Gasteiger partial charge in [-0.2, -0.15) is 0 Å². The summed E-state index contributed by atoms with van der Waals surface area (Å²) >= 11 is 0. The van der Waals surface area contributed by atoms with E-state index in [9.17, 15) is 13.6 Å². The summed E-state index contributed by atoms with van der Waals surface area (Å²) < 4.78 is 63.6. The molecular weight excluding hydrogens is 502 g/mol. The number of benzene rings is 2. The number of aryl methyl sites for hydroxylation is 2. The first-order valence-electron chi connectivity index (χ1n) is 14.9. The number of rotatable bonds is 5. The van der Waals surface area contributed by atoms with Gasteiger partial charge >= 0.3 is 0 Å². The lowest BCUT2D eigenvalue weighted by molar-refractivity contribution is -0.118. The van der Waals surface area contributed by atoms with Gasteiger partial charge < -0.3 is 13.8 Å². The molecule has 0 bridgehead atoms. The van der Waals surface area contributed by atoms with E-state index >= 15 is 0 Å². The van der Waals surface area contributed by atoms with Crippen LogP contribution in [-0.4, -0.2) is 33.8 Å². The second-order valence-corrected chi connectivity index (χ2v) is 11.1. The summed E-state index contributed by atoms with van der Waals surface area (Å²) in [7, 11) is -2.45. The summed E-state index contributed by atoms with van der Waals surface area (Å²) in [5.74, 6) is -0.723. The van der Waals surface area contributed by atoms with Crippen LogP contribution < -0.4 is 4.90 Å². The number of hydrogen-bond donors (Lipinski definition) is 0. The minimum atomic E-state index is -2.45. The number of carbonyl (C=O) groups excluding carboxylic acids is 1. The smallest absolute Gasteiger partial charge is 0.228 e. The Morgan fingerprint density at radius 1 is 1.10 bits per heavy atom. The van der Waals surface area contributed by atoms with Crippen LogP contribution >= 0.6 is 0 Å². The first-order valence-corrected chi connectivity index (χ1v) is 13.4. The number of nitrogens with zero attached hydrogens (tertiary/aromatic N) is 4. The van der Waals surface area contributed by atoms with Crippen molar-refractivity contribution in [2.75, 3.05) is 11.9 Å². The molecule has 1 amide bonds. The Hall–Kier alpha value is -3.59. The maximum absolute atomic E-state index is 14.4. The van der Waals surface area contributed by atoms with Gasteiger partial charge in [0.15, 0.2) is 11.6 Å². The van der Waals surface area contributed by atoms with Crippen molar-refractivity contribution in [3.8, 4) is 11.1 Å². The highest BCUT2D eigenvalue weighted by Gasteiger charge is 2.69. The zero-order valence-corrected chi connectivity index (χ0v) is 21.7. The fourth-order valence-electron chi connectivity index (χ4n) is 6.97. The summed E-state index contributed by atoms with van der Waals surface area (Å²) in [4.78, 5) is 20.1. The predicted molar refractivity (Wildman–Crippen MR) is 141 cm³/mol. The van der Waals surface area contributed by atoms with E-state index in [1.54, 1.807) is 4.90 Å². The molecule has 1 aliphatic heterocycles. The fourth-order valence-corrected chi connectivity index (χ4v) is 6.97. The molecule has 202 valence electrons. The molecule has 0 N–H and O–H groups in total. The molecule has 39 heavy (non-hydrogen) atoms. The van der Waals surface area contributed by atoms with Crippen LogP contribution in [0.1, 0.15) is 66.0 Å². The minimum absolute atomic E-state index is 0.00839. The van der Waals surface area contributed by atoms with E-state index in [4.69, 9.17) is 18.4 Å². The molecule has 0 radical (unpaired) electrons. The van der Waals surface area contributed by atoms with E-state index in [0.717, 1.165) is 40.0 Å². The van der Waals surface area contributed by atoms with Crippen molar-refractivity contribution >= 4 is 22.6 Å². The Bertz CT molecular complexity index is 1710. The van der Waals surface area contributed by atoms with E-state index in [-0.39, 0.29) is 24.0 Å². The zero-order valence-electron chi connectivity index (χ0n) is 24.7. The molecular formula is C30H30F2N4O3. The zero-order chi connectivity index (χ0) is 29.6. The van der Waals surface area contributed by atoms with Crippen molar-refractivity contribution in [3.05, 3.63) is 65.3 Å². The van der Waals surface area contributed by atoms with Gasteiger partial charge in [0, 0.05) is 42.7 Å². The number of aromatic nitrogens is 3. The predicted octanol–water partition coefficient (Wildman–Crippen LogP) is 6.37. The highest BCUT2D eigenvalue weighted by Crippen LogP contribution is 2.64. The van der Waals surface area contributed by atoms with Crippen molar-refractivity contribution in [3.63, 3.8) is 0 Å². The average Bonchev–Trinajstić information content (AvgIpc) is 3.18. The topological polar surface area (TPSA) is 73.4 Å². The monoisotopic (exact) mass is 535 g/mol. The van der Waals surface area contributed by atoms with Crippen LogP contribution in [-0.2, 0) is 15.1 Å². The maximum Gasteiger partial charge on any atom is 0.228 e. The Morgan fingerprint density at radius 2 is 1.92 bits per heavy atom. The van der Waals surface area contributed by atoms with Gasteiger partial charge in [-0.1, -0.05) is 11.2 Å². The van der Waals surface area contributed by atoms with Crippen LogP contribution in [0.3, 0.4) is 0 Å². The fraction of sp³-hybridized carbons (Fsp3) is 0.433. The number of carbonyl (C=O) groups is 1. The Kier molecular flexibility index (Phi) is 4.75. The molecule has 3 fully saturated rings. The number of halogens is 2. The van der Waals surface area contributed by atoms with Crippen LogP contribution in [0.15, 0.2) is 40.9 Å². The number of hydrogen-bond acceptors (Lipinski definition) is 5. The van der Waals surface area contributed by atoms with E-state index in [1.165, 1.54) is 6.07 Å². The number of amides is 1. The molecule has 2 saturated carbocycles. The number of methoxy groups -OCH3 is 1. The number of anilines is 1. The molecule has 1 saturated heterocycles. The molecule has 3 aliphatic rings. The van der Waals surface area contributed by atoms with Gasteiger partial charge in [-0.25, -0.2) is 13.8 Å². The maximum atomic E-state index is 14.4. The van der Waals surface area contributed by atoms with Crippen molar-refractivity contribution < 1.29 is 26.9 Å². The lowest BCUT2D eigenvalue weighted by Crippen LogP contribution is -2.39. The minimum Gasteiger partial charge on any atom is -0.381 e. The van der Waals surface area contributed by atoms with Gasteiger partial charge in [-0.05, 0) is 75.8 Å². The van der Waals surface area contributed by atoms with Gasteiger partial charge in [0.25, 0.3) is 0 Å². The highest BCUT2D eigenvalue weighted by atomic mass is 19.2. The molecule has 7 nitrogen and oxygen atoms in total. The van der Waals surface area contributed by atoms with Crippen LogP contribution in [0, 0.1) is 31.4 Å². The third-order valence-corrected chi connectivity index (χ3v) is 8.88. The van der Waals surface area contributed by atoms with Crippen molar-refractivity contribution in [1.29, 1.82) is 0 Å². The van der Waals surface area contributed by atoms with Crippen molar-refractivity contribution in [2.24, 2.45) is 5.92 Å². The molecule has 7 rings (SSSR count). The summed E-state index contributed by atoms with van der Waals surface area (Å²) in [6.07, 6.45) is 3.08. The van der Waals surface area contributed by atoms with Gasteiger partial charge in [0.2, 0.25) is 5.91 Å². The molecule has 4 aromatic rings. The molecule has 2 atom stereocenters. The SMILES string of the molecule is [2H]C([2H])([2H])OC1CCC(n2c([C@]34C[C@H]3CC(=O)N4c3ccc(F)c(F)c3)nc3cc(-c4c(C)noc4C)ccc32)CC1. The van der Waals surface area contributed by atoms with Gasteiger partial charge in [0.1, 0.15) is 17.1 Å². The number of piperidine rings is 1. The highest BCUT2D eigenvalue weighted by molar-refractivity contribution is 6.00. The summed E-state index contributed by atoms with van der Waals surface area (Å²) in [5, 5.41) is 4.09. The summed E-state index contributed by atoms with van der Waals surface area (Å²) in [5.41, 5.74) is 3.75. The van der Waals surface area contributed by atoms with E-state index in [0.29, 0.717) is 55.8 Å². The normalized spacial score (nSPS) is 27.9. The quantitative estimate of drug-likeness (QED) is 0.297. The van der Waals surface area contributed by atoms with Crippen LogP contribution in [0.5, 0.6) is 0 Å². The van der Waals surface area contributed by atoms with E-state index in [2.05, 4.69) is 9.72 Å². The molecule has 0 spiro atoms. The number of fused-ring (bicyclic) bond motifs is 2. The third-order valence-electron chi connectivity index (χ3n) is 8.88. The van der Waals surface area contributed by atoms with Crippen LogP contribution in [0.4, 0.5) is 14.5 Å². The lowest BCUT2D eigenvalue weighted by Gasteiger charge is -2.34. The molecule has 9 heteroatoms. The molecule has 2 aliphatic carbocycles. The Labute approximate surface area is 229 Å². The van der Waals surface area contributed by atoms with Gasteiger partial charge in [0.05, 0.1) is 26.9 Å². The Balaban J connectivity index is 1.35. The lowest BCUT2D eigenvalue weighted by atomic mass is 9.92. The standard InChI is InChI=1S/C30H30F2N4O3/c1-16-28(17(2)39-34-16)18-4-11-26-25(12-18)33-29(35(26)20-5-8-22(38-3)9-6-20)30-15-19(30)13-27(37)36(30)21-7-10-23(31)24(32)14-21/h4,7,10-12,14,19-20,22H,5-6,8-9,13,15H2,1-3H3/t19-,20?,22?,30+/m1/s1/i3D3. The van der Waals surface area contributed by atoms with Gasteiger partial charge in [-0.3, -0.25) is 9.69 Å². The number of imidazole rings is 1. The van der Waals surface area contributed by atoms with E-state index < -0.39 is 24.2 Å². The van der Waals surface area contributed by atoms with E-state index in [1.807, 2.05) is 32.0 Å². The summed E-state index contributed by atoms with van der Waals surface area (Å²) in [6.45, 7) is 3.75. The largest absolute Gasteiger partial charge is 0.381 e. The van der Waals surface area contributed by atoms with Crippen LogP contribution in [0.25, 0.3) is 22.2 Å². The third kappa shape index (κ3) is 3.58.